The van der Waals surface area contributed by atoms with Crippen molar-refractivity contribution in [2.45, 2.75) is 0 Å². The van der Waals surface area contributed by atoms with Crippen LogP contribution in [-0.2, 0) is 0 Å². The van der Waals surface area contributed by atoms with Crippen molar-refractivity contribution in [2.24, 2.45) is 4.99 Å². The van der Waals surface area contributed by atoms with Gasteiger partial charge in [0, 0.05) is 17.8 Å². The van der Waals surface area contributed by atoms with E-state index in [1.807, 2.05) is 24.3 Å². The van der Waals surface area contributed by atoms with Crippen molar-refractivity contribution in [1.82, 2.24) is 4.98 Å². The molecule has 0 aliphatic heterocycles. The number of benzene rings is 3. The van der Waals surface area contributed by atoms with E-state index in [2.05, 4.69) is 9.98 Å². The highest BCUT2D eigenvalue weighted by molar-refractivity contribution is 7.21. The van der Waals surface area contributed by atoms with Crippen LogP contribution in [0.4, 0.5) is 10.1 Å². The average Bonchev–Trinajstić information content (AvgIpc) is 3.07. The van der Waals surface area contributed by atoms with Gasteiger partial charge < -0.3 is 10.2 Å². The summed E-state index contributed by atoms with van der Waals surface area (Å²) in [6.45, 7) is 0. The molecule has 0 aliphatic carbocycles. The van der Waals surface area contributed by atoms with Gasteiger partial charge in [0.05, 0.1) is 21.5 Å². The molecular weight excluding hydrogens is 351 g/mol. The van der Waals surface area contributed by atoms with Crippen LogP contribution in [0.25, 0.3) is 20.8 Å². The van der Waals surface area contributed by atoms with Crippen LogP contribution in [0.5, 0.6) is 11.5 Å². The number of thiazole rings is 1. The number of hydrogen-bond donors (Lipinski definition) is 2. The van der Waals surface area contributed by atoms with Crippen LogP contribution in [0.3, 0.4) is 0 Å². The third kappa shape index (κ3) is 3.02. The smallest absolute Gasteiger partial charge is 0.165 e. The van der Waals surface area contributed by atoms with Gasteiger partial charge in [-0.25, -0.2) is 9.37 Å². The second kappa shape index (κ2) is 6.57. The number of phenols is 2. The lowest BCUT2D eigenvalue weighted by Gasteiger charge is -2.03. The number of nitrogens with zero attached hydrogens (tertiary/aromatic N) is 2. The number of halogens is 1. The molecule has 128 valence electrons. The van der Waals surface area contributed by atoms with E-state index in [0.717, 1.165) is 15.2 Å². The molecule has 0 amide bonds. The number of fused-ring (bicyclic) bond motifs is 1. The fourth-order valence-corrected chi connectivity index (χ4v) is 3.55. The van der Waals surface area contributed by atoms with E-state index in [1.54, 1.807) is 18.2 Å². The fraction of sp³-hybridized carbons (Fsp3) is 0. The number of para-hydroxylation sites is 2. The number of aromatic nitrogens is 1. The number of phenolic OH excluding ortho intramolecular Hbond substituents is 2. The predicted molar refractivity (Wildman–Crippen MR) is 102 cm³/mol. The van der Waals surface area contributed by atoms with Gasteiger partial charge in [-0.15, -0.1) is 11.3 Å². The van der Waals surface area contributed by atoms with Gasteiger partial charge in [-0.3, -0.25) is 4.99 Å². The van der Waals surface area contributed by atoms with Crippen molar-refractivity contribution >= 4 is 33.5 Å². The van der Waals surface area contributed by atoms with E-state index in [0.29, 0.717) is 11.3 Å². The Bertz CT molecular complexity index is 1100. The summed E-state index contributed by atoms with van der Waals surface area (Å²) in [6.07, 6.45) is 1.35. The van der Waals surface area contributed by atoms with Gasteiger partial charge in [0.1, 0.15) is 10.8 Å². The first-order chi connectivity index (χ1) is 12.6. The summed E-state index contributed by atoms with van der Waals surface area (Å²) in [7, 11) is 0. The molecule has 0 saturated carbocycles. The van der Waals surface area contributed by atoms with Gasteiger partial charge >= 0.3 is 0 Å². The SMILES string of the molecule is Oc1cc(N=Cc2cccc(F)c2O)ccc1-c1nc2ccccc2s1. The molecule has 0 unspecified atom stereocenters. The minimum Gasteiger partial charge on any atom is -0.507 e. The number of aromatic hydroxyl groups is 2. The van der Waals surface area contributed by atoms with Gasteiger partial charge in [-0.05, 0) is 36.4 Å². The van der Waals surface area contributed by atoms with Crippen LogP contribution < -0.4 is 0 Å². The van der Waals surface area contributed by atoms with Gasteiger partial charge in [-0.1, -0.05) is 18.2 Å². The summed E-state index contributed by atoms with van der Waals surface area (Å²) in [5.74, 6) is -1.10. The molecule has 4 rings (SSSR count). The zero-order chi connectivity index (χ0) is 18.1. The Morgan fingerprint density at radius 3 is 2.65 bits per heavy atom. The lowest BCUT2D eigenvalue weighted by atomic mass is 10.2. The van der Waals surface area contributed by atoms with Crippen molar-refractivity contribution in [1.29, 1.82) is 0 Å². The summed E-state index contributed by atoms with van der Waals surface area (Å²) in [4.78, 5) is 8.72. The van der Waals surface area contributed by atoms with Crippen LogP contribution in [0.1, 0.15) is 5.56 Å². The van der Waals surface area contributed by atoms with Crippen molar-refractivity contribution in [3.05, 3.63) is 72.0 Å². The van der Waals surface area contributed by atoms with Crippen molar-refractivity contribution < 1.29 is 14.6 Å². The first-order valence-electron chi connectivity index (χ1n) is 7.82. The Kier molecular flexibility index (Phi) is 4.10. The lowest BCUT2D eigenvalue weighted by molar-refractivity contribution is 0.431. The van der Waals surface area contributed by atoms with Crippen molar-refractivity contribution in [3.8, 4) is 22.1 Å². The molecule has 0 fully saturated rings. The standard InChI is InChI=1S/C20H13FN2O2S/c21-15-5-3-4-12(19(15)25)11-22-13-8-9-14(17(24)10-13)20-23-16-6-1-2-7-18(16)26-20/h1-11,24-25H. The minimum absolute atomic E-state index is 0.0576. The topological polar surface area (TPSA) is 65.7 Å². The highest BCUT2D eigenvalue weighted by Crippen LogP contribution is 2.37. The van der Waals surface area contributed by atoms with E-state index in [4.69, 9.17) is 0 Å². The van der Waals surface area contributed by atoms with Crippen LogP contribution in [-0.4, -0.2) is 21.4 Å². The second-order valence-electron chi connectivity index (χ2n) is 5.62. The quantitative estimate of drug-likeness (QED) is 0.487. The molecule has 1 heterocycles. The molecule has 4 nitrogen and oxygen atoms in total. The van der Waals surface area contributed by atoms with Gasteiger partial charge in [0.25, 0.3) is 0 Å². The Hall–Kier alpha value is -3.25. The Labute approximate surface area is 152 Å². The third-order valence-corrected chi connectivity index (χ3v) is 4.95. The molecule has 1 aromatic heterocycles. The summed E-state index contributed by atoms with van der Waals surface area (Å²) in [5.41, 5.74) is 2.25. The molecule has 6 heteroatoms. The highest BCUT2D eigenvalue weighted by atomic mass is 32.1. The zero-order valence-electron chi connectivity index (χ0n) is 13.4. The first-order valence-corrected chi connectivity index (χ1v) is 8.64. The highest BCUT2D eigenvalue weighted by Gasteiger charge is 2.11. The molecule has 0 radical (unpaired) electrons. The summed E-state index contributed by atoms with van der Waals surface area (Å²) >= 11 is 1.50. The Morgan fingerprint density at radius 1 is 1.00 bits per heavy atom. The van der Waals surface area contributed by atoms with Gasteiger partial charge in [0.15, 0.2) is 11.6 Å². The fourth-order valence-electron chi connectivity index (χ4n) is 2.55. The van der Waals surface area contributed by atoms with Gasteiger partial charge in [-0.2, -0.15) is 0 Å². The Balaban J connectivity index is 1.65. The summed E-state index contributed by atoms with van der Waals surface area (Å²) < 4.78 is 14.4. The molecule has 4 aromatic rings. The number of rotatable bonds is 3. The predicted octanol–water partition coefficient (Wildman–Crippen LogP) is 5.26. The second-order valence-corrected chi connectivity index (χ2v) is 6.65. The summed E-state index contributed by atoms with van der Waals surface area (Å²) in [5, 5.41) is 20.7. The van der Waals surface area contributed by atoms with Crippen molar-refractivity contribution in [2.75, 3.05) is 0 Å². The molecule has 3 aromatic carbocycles. The minimum atomic E-state index is -0.706. The van der Waals surface area contributed by atoms with Gasteiger partial charge in [0.2, 0.25) is 0 Å². The van der Waals surface area contributed by atoms with Crippen LogP contribution in [0.15, 0.2) is 65.7 Å². The maximum atomic E-state index is 13.3. The molecule has 0 saturated heterocycles. The summed E-state index contributed by atoms with van der Waals surface area (Å²) in [6, 6.07) is 17.0. The van der Waals surface area contributed by atoms with E-state index < -0.39 is 11.6 Å². The van der Waals surface area contributed by atoms with Crippen LogP contribution in [0, 0.1) is 5.82 Å². The number of hydrogen-bond acceptors (Lipinski definition) is 5. The van der Waals surface area contributed by atoms with E-state index in [-0.39, 0.29) is 11.3 Å². The normalized spacial score (nSPS) is 11.4. The average molecular weight is 364 g/mol. The Morgan fingerprint density at radius 2 is 1.85 bits per heavy atom. The third-order valence-electron chi connectivity index (χ3n) is 3.88. The molecule has 2 N–H and O–H groups in total. The van der Waals surface area contributed by atoms with Crippen molar-refractivity contribution in [3.63, 3.8) is 0 Å². The monoisotopic (exact) mass is 364 g/mol. The number of aliphatic imine (C=N–C) groups is 1. The zero-order valence-corrected chi connectivity index (χ0v) is 14.2. The molecule has 0 spiro atoms. The van der Waals surface area contributed by atoms with Crippen LogP contribution >= 0.6 is 11.3 Å². The van der Waals surface area contributed by atoms with E-state index in [9.17, 15) is 14.6 Å². The largest absolute Gasteiger partial charge is 0.507 e. The maximum absolute atomic E-state index is 13.3. The molecule has 0 bridgehead atoms. The van der Waals surface area contributed by atoms with Crippen LogP contribution in [0.2, 0.25) is 0 Å². The molecule has 26 heavy (non-hydrogen) atoms. The molecule has 0 aliphatic rings. The lowest BCUT2D eigenvalue weighted by Crippen LogP contribution is -1.85. The molecule has 0 atom stereocenters. The first kappa shape index (κ1) is 16.2. The van der Waals surface area contributed by atoms with E-state index >= 15 is 0 Å². The van der Waals surface area contributed by atoms with E-state index in [1.165, 1.54) is 35.8 Å². The molecular formula is C20H13FN2O2S. The maximum Gasteiger partial charge on any atom is 0.165 e.